The predicted octanol–water partition coefficient (Wildman–Crippen LogP) is 3.30. The molecule has 1 aromatic heterocycles. The average Bonchev–Trinajstić information content (AvgIpc) is 2.68. The molecule has 1 heterocycles. The van der Waals surface area contributed by atoms with Crippen LogP contribution in [0.2, 0.25) is 5.02 Å². The summed E-state index contributed by atoms with van der Waals surface area (Å²) in [6.07, 6.45) is 4.65. The van der Waals surface area contributed by atoms with E-state index in [-0.39, 0.29) is 10.5 Å². The molecular weight excluding hydrogens is 400 g/mol. The molecule has 2 aromatic carbocycles. The molecule has 0 spiro atoms. The number of carbonyl (C=O) groups excluding carboxylic acids is 1. The second-order valence-corrected chi connectivity index (χ2v) is 7.75. The fraction of sp³-hybridized carbons (Fsp3) is 0. The molecule has 2 N–H and O–H groups in total. The van der Waals surface area contributed by atoms with Gasteiger partial charge in [0.15, 0.2) is 0 Å². The second-order valence-electron chi connectivity index (χ2n) is 5.63. The highest BCUT2D eigenvalue weighted by Gasteiger charge is 2.16. The van der Waals surface area contributed by atoms with Gasteiger partial charge < -0.3 is 0 Å². The van der Waals surface area contributed by atoms with Crippen molar-refractivity contribution < 1.29 is 13.2 Å². The average molecular weight is 415 g/mol. The van der Waals surface area contributed by atoms with Gasteiger partial charge in [0.25, 0.3) is 15.9 Å². The van der Waals surface area contributed by atoms with E-state index in [1.165, 1.54) is 36.5 Å². The number of hydrazone groups is 1. The van der Waals surface area contributed by atoms with Crippen LogP contribution >= 0.6 is 11.6 Å². The molecule has 0 aliphatic heterocycles. The third kappa shape index (κ3) is 5.15. The van der Waals surface area contributed by atoms with E-state index in [0.717, 1.165) is 0 Å². The summed E-state index contributed by atoms with van der Waals surface area (Å²) in [4.78, 5) is 16.1. The van der Waals surface area contributed by atoms with Crippen molar-refractivity contribution in [2.75, 3.05) is 4.72 Å². The molecule has 9 heteroatoms. The van der Waals surface area contributed by atoms with Crippen molar-refractivity contribution in [2.24, 2.45) is 5.10 Å². The summed E-state index contributed by atoms with van der Waals surface area (Å²) in [7, 11) is -3.88. The number of hydrogen-bond donors (Lipinski definition) is 2. The van der Waals surface area contributed by atoms with E-state index in [0.29, 0.717) is 16.3 Å². The van der Waals surface area contributed by atoms with Crippen LogP contribution in [0.5, 0.6) is 0 Å². The number of carbonyl (C=O) groups is 1. The van der Waals surface area contributed by atoms with Crippen molar-refractivity contribution in [2.45, 2.75) is 4.90 Å². The summed E-state index contributed by atoms with van der Waals surface area (Å²) >= 11 is 5.87. The van der Waals surface area contributed by atoms with Crippen LogP contribution in [0.4, 0.5) is 5.69 Å². The molecule has 0 saturated carbocycles. The van der Waals surface area contributed by atoms with Gasteiger partial charge in [-0.2, -0.15) is 5.10 Å². The first-order chi connectivity index (χ1) is 13.4. The molecule has 0 aliphatic rings. The third-order valence-electron chi connectivity index (χ3n) is 3.55. The second kappa shape index (κ2) is 8.64. The summed E-state index contributed by atoms with van der Waals surface area (Å²) in [6, 6.07) is 15.5. The number of amides is 1. The number of rotatable bonds is 6. The monoisotopic (exact) mass is 414 g/mol. The van der Waals surface area contributed by atoms with Crippen molar-refractivity contribution >= 4 is 39.4 Å². The zero-order chi connectivity index (χ0) is 20.0. The molecule has 1 amide bonds. The smallest absolute Gasteiger partial charge is 0.271 e. The summed E-state index contributed by atoms with van der Waals surface area (Å²) in [5.74, 6) is -0.542. The molecule has 0 unspecified atom stereocenters. The number of nitrogens with one attached hydrogen (secondary N) is 2. The predicted molar refractivity (Wildman–Crippen MR) is 108 cm³/mol. The molecule has 0 aliphatic carbocycles. The zero-order valence-electron chi connectivity index (χ0n) is 14.4. The number of sulfonamides is 1. The maximum absolute atomic E-state index is 12.6. The van der Waals surface area contributed by atoms with E-state index >= 15 is 0 Å². The highest BCUT2D eigenvalue weighted by molar-refractivity contribution is 7.92. The van der Waals surface area contributed by atoms with Gasteiger partial charge in [-0.3, -0.25) is 14.5 Å². The number of anilines is 1. The summed E-state index contributed by atoms with van der Waals surface area (Å²) in [5.41, 5.74) is 3.54. The van der Waals surface area contributed by atoms with Crippen LogP contribution in [0.3, 0.4) is 0 Å². The quantitative estimate of drug-likeness (QED) is 0.477. The standard InChI is InChI=1S/C19H15ClN4O3S/c20-16-6-2-7-17(11-16)24-28(26,27)18-8-1-5-15(10-18)19(25)23-22-13-14-4-3-9-21-12-14/h1-13,24H,(H,23,25)/b22-13+. The van der Waals surface area contributed by atoms with Gasteiger partial charge in [-0.05, 0) is 42.5 Å². The number of hydrogen-bond acceptors (Lipinski definition) is 5. The minimum atomic E-state index is -3.88. The third-order valence-corrected chi connectivity index (χ3v) is 5.16. The van der Waals surface area contributed by atoms with Crippen molar-refractivity contribution in [1.29, 1.82) is 0 Å². The number of halogens is 1. The van der Waals surface area contributed by atoms with Crippen LogP contribution in [0.1, 0.15) is 15.9 Å². The molecule has 3 aromatic rings. The molecule has 0 fully saturated rings. The summed E-state index contributed by atoms with van der Waals surface area (Å²) < 4.78 is 27.6. The Morgan fingerprint density at radius 1 is 1.07 bits per heavy atom. The van der Waals surface area contributed by atoms with E-state index in [9.17, 15) is 13.2 Å². The minimum absolute atomic E-state index is 0.0589. The Balaban J connectivity index is 1.73. The lowest BCUT2D eigenvalue weighted by Crippen LogP contribution is -2.19. The topological polar surface area (TPSA) is 101 Å². The maximum Gasteiger partial charge on any atom is 0.271 e. The first kappa shape index (κ1) is 19.5. The lowest BCUT2D eigenvalue weighted by molar-refractivity contribution is 0.0955. The van der Waals surface area contributed by atoms with Crippen LogP contribution in [0.15, 0.2) is 83.1 Å². The molecule has 7 nitrogen and oxygen atoms in total. The van der Waals surface area contributed by atoms with Gasteiger partial charge in [-0.1, -0.05) is 29.8 Å². The lowest BCUT2D eigenvalue weighted by Gasteiger charge is -2.09. The molecule has 3 rings (SSSR count). The Morgan fingerprint density at radius 3 is 2.64 bits per heavy atom. The van der Waals surface area contributed by atoms with Crippen molar-refractivity contribution in [3.05, 3.63) is 89.2 Å². The molecule has 0 atom stereocenters. The molecule has 142 valence electrons. The van der Waals surface area contributed by atoms with Crippen molar-refractivity contribution in [1.82, 2.24) is 10.4 Å². The van der Waals surface area contributed by atoms with Gasteiger partial charge in [0.1, 0.15) is 0 Å². The van der Waals surface area contributed by atoms with E-state index in [2.05, 4.69) is 20.2 Å². The molecule has 0 radical (unpaired) electrons. The Labute approximate surface area is 167 Å². The Hall–Kier alpha value is -3.23. The van der Waals surface area contributed by atoms with E-state index in [1.807, 2.05) is 0 Å². The van der Waals surface area contributed by atoms with Gasteiger partial charge in [-0.25, -0.2) is 13.8 Å². The van der Waals surface area contributed by atoms with Crippen LogP contribution in [-0.4, -0.2) is 25.5 Å². The van der Waals surface area contributed by atoms with Crippen LogP contribution in [-0.2, 0) is 10.0 Å². The van der Waals surface area contributed by atoms with Crippen molar-refractivity contribution in [3.8, 4) is 0 Å². The first-order valence-electron chi connectivity index (χ1n) is 8.06. The van der Waals surface area contributed by atoms with E-state index < -0.39 is 15.9 Å². The largest absolute Gasteiger partial charge is 0.280 e. The highest BCUT2D eigenvalue weighted by atomic mass is 35.5. The SMILES string of the molecule is O=C(N/N=C/c1cccnc1)c1cccc(S(=O)(=O)Nc2cccc(Cl)c2)c1. The Kier molecular flexibility index (Phi) is 6.03. The fourth-order valence-corrected chi connectivity index (χ4v) is 3.54. The van der Waals surface area contributed by atoms with Gasteiger partial charge in [-0.15, -0.1) is 0 Å². The van der Waals surface area contributed by atoms with Crippen LogP contribution in [0, 0.1) is 0 Å². The lowest BCUT2D eigenvalue weighted by atomic mass is 10.2. The minimum Gasteiger partial charge on any atom is -0.280 e. The van der Waals surface area contributed by atoms with Gasteiger partial charge in [0, 0.05) is 28.5 Å². The van der Waals surface area contributed by atoms with Gasteiger partial charge in [0.2, 0.25) is 0 Å². The Bertz CT molecular complexity index is 1120. The van der Waals surface area contributed by atoms with Crippen LogP contribution in [0.25, 0.3) is 0 Å². The number of nitrogens with zero attached hydrogens (tertiary/aromatic N) is 2. The number of pyridine rings is 1. The van der Waals surface area contributed by atoms with Gasteiger partial charge >= 0.3 is 0 Å². The normalized spacial score (nSPS) is 11.3. The van der Waals surface area contributed by atoms with E-state index in [1.54, 1.807) is 42.7 Å². The first-order valence-corrected chi connectivity index (χ1v) is 9.92. The van der Waals surface area contributed by atoms with Gasteiger partial charge in [0.05, 0.1) is 16.8 Å². The molecule has 0 saturated heterocycles. The summed E-state index contributed by atoms with van der Waals surface area (Å²) in [5, 5.41) is 4.25. The number of benzene rings is 2. The summed E-state index contributed by atoms with van der Waals surface area (Å²) in [6.45, 7) is 0. The van der Waals surface area contributed by atoms with E-state index in [4.69, 9.17) is 11.6 Å². The van der Waals surface area contributed by atoms with Crippen molar-refractivity contribution in [3.63, 3.8) is 0 Å². The molecular formula is C19H15ClN4O3S. The number of aromatic nitrogens is 1. The molecule has 28 heavy (non-hydrogen) atoms. The maximum atomic E-state index is 12.6. The highest BCUT2D eigenvalue weighted by Crippen LogP contribution is 2.20. The van der Waals surface area contributed by atoms with Crippen LogP contribution < -0.4 is 10.1 Å². The molecule has 0 bridgehead atoms. The zero-order valence-corrected chi connectivity index (χ0v) is 16.0. The Morgan fingerprint density at radius 2 is 1.89 bits per heavy atom. The fourth-order valence-electron chi connectivity index (χ4n) is 2.25.